The van der Waals surface area contributed by atoms with E-state index in [-0.39, 0.29) is 11.7 Å². The highest BCUT2D eigenvalue weighted by Crippen LogP contribution is 2.24. The summed E-state index contributed by atoms with van der Waals surface area (Å²) in [6.45, 7) is 3.67. The summed E-state index contributed by atoms with van der Waals surface area (Å²) in [5.74, 6) is 0.480. The summed E-state index contributed by atoms with van der Waals surface area (Å²) in [5.41, 5.74) is -0.0283. The predicted octanol–water partition coefficient (Wildman–Crippen LogP) is 0.774. The zero-order valence-electron chi connectivity index (χ0n) is 7.69. The number of aromatic amines is 1. The monoisotopic (exact) mass is 182 g/mol. The molecule has 4 heteroatoms. The minimum atomic E-state index is -0.0283. The zero-order chi connectivity index (χ0) is 9.26. The van der Waals surface area contributed by atoms with Gasteiger partial charge in [-0.3, -0.25) is 4.57 Å². The van der Waals surface area contributed by atoms with Crippen molar-refractivity contribution in [3.63, 3.8) is 0 Å². The third-order valence-electron chi connectivity index (χ3n) is 2.76. The molecule has 1 N–H and O–H groups in total. The second-order valence-corrected chi connectivity index (χ2v) is 3.54. The first-order valence-electron chi connectivity index (χ1n) is 4.62. The van der Waals surface area contributed by atoms with Crippen molar-refractivity contribution in [1.29, 1.82) is 0 Å². The van der Waals surface area contributed by atoms with E-state index in [1.54, 1.807) is 17.0 Å². The molecule has 1 saturated heterocycles. The van der Waals surface area contributed by atoms with E-state index < -0.39 is 0 Å². The van der Waals surface area contributed by atoms with E-state index in [1.165, 1.54) is 0 Å². The molecule has 1 aromatic heterocycles. The second-order valence-electron chi connectivity index (χ2n) is 3.54. The van der Waals surface area contributed by atoms with Crippen LogP contribution in [0.2, 0.25) is 0 Å². The standard InChI is InChI=1S/C9H14N2O2/c1-7(8-2-5-13-6-8)11-4-3-10-9(11)12/h3-4,7-8H,2,5-6H2,1H3,(H,10,12). The molecule has 0 spiro atoms. The number of nitrogens with one attached hydrogen (secondary N) is 1. The number of hydrogen-bond acceptors (Lipinski definition) is 2. The largest absolute Gasteiger partial charge is 0.381 e. The molecule has 0 aliphatic carbocycles. The lowest BCUT2D eigenvalue weighted by atomic mass is 10.0. The molecule has 2 heterocycles. The Hall–Kier alpha value is -1.03. The van der Waals surface area contributed by atoms with E-state index in [1.807, 2.05) is 0 Å². The zero-order valence-corrected chi connectivity index (χ0v) is 7.69. The van der Waals surface area contributed by atoms with E-state index in [0.29, 0.717) is 5.92 Å². The van der Waals surface area contributed by atoms with Crippen molar-refractivity contribution in [2.75, 3.05) is 13.2 Å². The third kappa shape index (κ3) is 1.54. The second kappa shape index (κ2) is 3.38. The number of rotatable bonds is 2. The van der Waals surface area contributed by atoms with Crippen molar-refractivity contribution in [3.05, 3.63) is 22.9 Å². The average molecular weight is 182 g/mol. The lowest BCUT2D eigenvalue weighted by Gasteiger charge is -2.17. The first kappa shape index (κ1) is 8.56. The van der Waals surface area contributed by atoms with Crippen LogP contribution in [-0.4, -0.2) is 22.8 Å². The fraction of sp³-hybridized carbons (Fsp3) is 0.667. The van der Waals surface area contributed by atoms with Crippen molar-refractivity contribution in [2.45, 2.75) is 19.4 Å². The van der Waals surface area contributed by atoms with Crippen LogP contribution < -0.4 is 5.69 Å². The number of aromatic nitrogens is 2. The number of imidazole rings is 1. The van der Waals surface area contributed by atoms with Gasteiger partial charge in [-0.1, -0.05) is 0 Å². The van der Waals surface area contributed by atoms with Gasteiger partial charge in [-0.15, -0.1) is 0 Å². The third-order valence-corrected chi connectivity index (χ3v) is 2.76. The molecule has 2 unspecified atom stereocenters. The van der Waals surface area contributed by atoms with Gasteiger partial charge in [0, 0.05) is 31.0 Å². The molecule has 2 rings (SSSR count). The van der Waals surface area contributed by atoms with Gasteiger partial charge in [0.1, 0.15) is 0 Å². The highest BCUT2D eigenvalue weighted by Gasteiger charge is 2.23. The quantitative estimate of drug-likeness (QED) is 0.734. The first-order chi connectivity index (χ1) is 6.29. The highest BCUT2D eigenvalue weighted by molar-refractivity contribution is 4.84. The Bertz CT molecular complexity index is 322. The Balaban J connectivity index is 2.16. The highest BCUT2D eigenvalue weighted by atomic mass is 16.5. The molecule has 0 bridgehead atoms. The van der Waals surface area contributed by atoms with Gasteiger partial charge in [0.05, 0.1) is 6.61 Å². The number of nitrogens with zero attached hydrogens (tertiary/aromatic N) is 1. The molecule has 13 heavy (non-hydrogen) atoms. The lowest BCUT2D eigenvalue weighted by molar-refractivity contribution is 0.174. The van der Waals surface area contributed by atoms with Crippen LogP contribution in [0.25, 0.3) is 0 Å². The van der Waals surface area contributed by atoms with E-state index in [2.05, 4.69) is 11.9 Å². The Labute approximate surface area is 76.5 Å². The molecule has 4 nitrogen and oxygen atoms in total. The van der Waals surface area contributed by atoms with E-state index in [4.69, 9.17) is 4.74 Å². The maximum absolute atomic E-state index is 11.3. The van der Waals surface area contributed by atoms with Gasteiger partial charge in [0.25, 0.3) is 0 Å². The molecule has 0 radical (unpaired) electrons. The molecular weight excluding hydrogens is 168 g/mol. The van der Waals surface area contributed by atoms with Crippen molar-refractivity contribution in [3.8, 4) is 0 Å². The summed E-state index contributed by atoms with van der Waals surface area (Å²) >= 11 is 0. The molecule has 2 atom stereocenters. The van der Waals surface area contributed by atoms with Gasteiger partial charge in [-0.25, -0.2) is 4.79 Å². The van der Waals surface area contributed by atoms with Gasteiger partial charge in [0.15, 0.2) is 0 Å². The van der Waals surface area contributed by atoms with Crippen LogP contribution >= 0.6 is 0 Å². The molecule has 1 fully saturated rings. The minimum absolute atomic E-state index is 0.0283. The van der Waals surface area contributed by atoms with Crippen LogP contribution in [0.4, 0.5) is 0 Å². The normalized spacial score (nSPS) is 24.8. The smallest absolute Gasteiger partial charge is 0.325 e. The number of hydrogen-bond donors (Lipinski definition) is 1. The molecule has 0 amide bonds. The summed E-state index contributed by atoms with van der Waals surface area (Å²) in [7, 11) is 0. The Morgan fingerprint density at radius 3 is 3.15 bits per heavy atom. The van der Waals surface area contributed by atoms with Gasteiger partial charge in [-0.05, 0) is 13.3 Å². The summed E-state index contributed by atoms with van der Waals surface area (Å²) < 4.78 is 7.03. The summed E-state index contributed by atoms with van der Waals surface area (Å²) in [6.07, 6.45) is 4.53. The van der Waals surface area contributed by atoms with Gasteiger partial charge < -0.3 is 9.72 Å². The summed E-state index contributed by atoms with van der Waals surface area (Å²) in [6, 6.07) is 0.237. The van der Waals surface area contributed by atoms with Crippen LogP contribution in [0, 0.1) is 5.92 Å². The predicted molar refractivity (Wildman–Crippen MR) is 48.7 cm³/mol. The van der Waals surface area contributed by atoms with Crippen LogP contribution in [0.3, 0.4) is 0 Å². The van der Waals surface area contributed by atoms with Crippen LogP contribution in [0.5, 0.6) is 0 Å². The van der Waals surface area contributed by atoms with E-state index in [9.17, 15) is 4.79 Å². The van der Waals surface area contributed by atoms with Crippen molar-refractivity contribution < 1.29 is 4.74 Å². The number of H-pyrrole nitrogens is 1. The van der Waals surface area contributed by atoms with Gasteiger partial charge in [0.2, 0.25) is 0 Å². The Morgan fingerprint density at radius 2 is 2.62 bits per heavy atom. The van der Waals surface area contributed by atoms with Crippen molar-refractivity contribution in [2.24, 2.45) is 5.92 Å². The minimum Gasteiger partial charge on any atom is -0.381 e. The van der Waals surface area contributed by atoms with Crippen LogP contribution in [0.15, 0.2) is 17.2 Å². The fourth-order valence-electron chi connectivity index (χ4n) is 1.81. The molecule has 1 aliphatic rings. The molecule has 0 saturated carbocycles. The first-order valence-corrected chi connectivity index (χ1v) is 4.62. The SMILES string of the molecule is CC(C1CCOC1)n1cc[nH]c1=O. The van der Waals surface area contributed by atoms with Crippen LogP contribution in [-0.2, 0) is 4.74 Å². The van der Waals surface area contributed by atoms with E-state index >= 15 is 0 Å². The molecular formula is C9H14N2O2. The summed E-state index contributed by atoms with van der Waals surface area (Å²) in [4.78, 5) is 13.9. The maximum Gasteiger partial charge on any atom is 0.325 e. The summed E-state index contributed by atoms with van der Waals surface area (Å²) in [5, 5.41) is 0. The topological polar surface area (TPSA) is 47.0 Å². The molecule has 0 aromatic carbocycles. The van der Waals surface area contributed by atoms with E-state index in [0.717, 1.165) is 19.6 Å². The Kier molecular flexibility index (Phi) is 2.22. The molecule has 1 aliphatic heterocycles. The molecule has 1 aromatic rings. The van der Waals surface area contributed by atoms with Crippen LogP contribution in [0.1, 0.15) is 19.4 Å². The maximum atomic E-state index is 11.3. The van der Waals surface area contributed by atoms with Gasteiger partial charge >= 0.3 is 5.69 Å². The molecule has 72 valence electrons. The van der Waals surface area contributed by atoms with Crippen molar-refractivity contribution in [1.82, 2.24) is 9.55 Å². The van der Waals surface area contributed by atoms with Crippen molar-refractivity contribution >= 4 is 0 Å². The fourth-order valence-corrected chi connectivity index (χ4v) is 1.81. The number of ether oxygens (including phenoxy) is 1. The average Bonchev–Trinajstić information content (AvgIpc) is 2.72. The van der Waals surface area contributed by atoms with Gasteiger partial charge in [-0.2, -0.15) is 0 Å². The Morgan fingerprint density at radius 1 is 1.77 bits per heavy atom. The lowest BCUT2D eigenvalue weighted by Crippen LogP contribution is -2.25.